The molecule has 3 nitrogen and oxygen atoms in total. The number of nitrogens with one attached hydrogen (secondary N) is 1. The second-order valence-corrected chi connectivity index (χ2v) is 5.20. The highest BCUT2D eigenvalue weighted by atomic mass is 32.2. The molecule has 0 bridgehead atoms. The first kappa shape index (κ1) is 13.6. The van der Waals surface area contributed by atoms with Crippen molar-refractivity contribution < 1.29 is 0 Å². The molecular formula is C12H23N3S. The molecule has 0 aliphatic carbocycles. The van der Waals surface area contributed by atoms with E-state index in [0.29, 0.717) is 0 Å². The van der Waals surface area contributed by atoms with Crippen LogP contribution in [0.1, 0.15) is 26.2 Å². The van der Waals surface area contributed by atoms with Gasteiger partial charge in [0.05, 0.1) is 6.33 Å². The number of aryl methyl sites for hydroxylation is 1. The molecule has 1 rings (SSSR count). The second kappa shape index (κ2) is 9.73. The molecule has 0 amide bonds. The molecule has 0 aliphatic heterocycles. The Kier molecular flexibility index (Phi) is 8.26. The first-order chi connectivity index (χ1) is 7.93. The summed E-state index contributed by atoms with van der Waals surface area (Å²) in [6, 6.07) is 0. The van der Waals surface area contributed by atoms with Gasteiger partial charge < -0.3 is 9.88 Å². The summed E-state index contributed by atoms with van der Waals surface area (Å²) < 4.78 is 2.14. The van der Waals surface area contributed by atoms with E-state index in [1.54, 1.807) is 0 Å². The Balaban J connectivity index is 1.78. The minimum Gasteiger partial charge on any atom is -0.337 e. The predicted molar refractivity (Wildman–Crippen MR) is 71.9 cm³/mol. The molecule has 1 N–H and O–H groups in total. The molecule has 0 atom stereocenters. The molecule has 0 aliphatic rings. The standard InChI is InChI=1S/C12H23N3S/c1-2-16-11-5-7-13-6-3-4-9-15-10-8-14-12-15/h8,10,12-13H,2-7,9,11H2,1H3. The Labute approximate surface area is 103 Å². The third-order valence-corrected chi connectivity index (χ3v) is 3.41. The number of unbranched alkanes of at least 4 members (excludes halogenated alkanes) is 1. The molecular weight excluding hydrogens is 218 g/mol. The zero-order valence-electron chi connectivity index (χ0n) is 10.2. The van der Waals surface area contributed by atoms with Gasteiger partial charge in [0, 0.05) is 18.9 Å². The molecule has 1 aromatic heterocycles. The van der Waals surface area contributed by atoms with Gasteiger partial charge in [-0.25, -0.2) is 4.98 Å². The number of hydrogen-bond acceptors (Lipinski definition) is 3. The number of rotatable bonds is 10. The molecule has 4 heteroatoms. The summed E-state index contributed by atoms with van der Waals surface area (Å²) in [4.78, 5) is 4.02. The Morgan fingerprint density at radius 3 is 2.88 bits per heavy atom. The SMILES string of the molecule is CCSCCCNCCCCn1ccnc1. The molecule has 0 radical (unpaired) electrons. The van der Waals surface area contributed by atoms with Crippen LogP contribution in [0.3, 0.4) is 0 Å². The molecule has 16 heavy (non-hydrogen) atoms. The average molecular weight is 241 g/mol. The number of hydrogen-bond donors (Lipinski definition) is 1. The minimum absolute atomic E-state index is 1.09. The van der Waals surface area contributed by atoms with Crippen molar-refractivity contribution in [2.45, 2.75) is 32.7 Å². The van der Waals surface area contributed by atoms with Crippen LogP contribution in [0.5, 0.6) is 0 Å². The van der Waals surface area contributed by atoms with Crippen molar-refractivity contribution in [3.63, 3.8) is 0 Å². The van der Waals surface area contributed by atoms with E-state index in [2.05, 4.69) is 21.8 Å². The van der Waals surface area contributed by atoms with E-state index in [1.807, 2.05) is 30.5 Å². The van der Waals surface area contributed by atoms with Crippen molar-refractivity contribution in [3.8, 4) is 0 Å². The maximum atomic E-state index is 4.02. The van der Waals surface area contributed by atoms with Gasteiger partial charge in [0.15, 0.2) is 0 Å². The second-order valence-electron chi connectivity index (χ2n) is 3.81. The van der Waals surface area contributed by atoms with Crippen molar-refractivity contribution in [1.82, 2.24) is 14.9 Å². The first-order valence-corrected chi connectivity index (χ1v) is 7.33. The molecule has 0 saturated carbocycles. The summed E-state index contributed by atoms with van der Waals surface area (Å²) in [5, 5.41) is 3.49. The van der Waals surface area contributed by atoms with Crippen molar-refractivity contribution in [3.05, 3.63) is 18.7 Å². The van der Waals surface area contributed by atoms with Gasteiger partial charge in [0.25, 0.3) is 0 Å². The zero-order valence-corrected chi connectivity index (χ0v) is 11.0. The summed E-state index contributed by atoms with van der Waals surface area (Å²) in [6.45, 7) is 5.62. The molecule has 92 valence electrons. The van der Waals surface area contributed by atoms with E-state index in [0.717, 1.165) is 19.6 Å². The van der Waals surface area contributed by atoms with Crippen LogP contribution in [0.15, 0.2) is 18.7 Å². The van der Waals surface area contributed by atoms with Crippen LogP contribution >= 0.6 is 11.8 Å². The number of imidazole rings is 1. The number of aromatic nitrogens is 2. The maximum Gasteiger partial charge on any atom is 0.0945 e. The van der Waals surface area contributed by atoms with E-state index in [4.69, 9.17) is 0 Å². The van der Waals surface area contributed by atoms with E-state index in [9.17, 15) is 0 Å². The highest BCUT2D eigenvalue weighted by Gasteiger charge is 1.92. The van der Waals surface area contributed by atoms with Gasteiger partial charge in [0.1, 0.15) is 0 Å². The fourth-order valence-electron chi connectivity index (χ4n) is 1.53. The third kappa shape index (κ3) is 6.90. The smallest absolute Gasteiger partial charge is 0.0945 e. The maximum absolute atomic E-state index is 4.02. The summed E-state index contributed by atoms with van der Waals surface area (Å²) in [6.07, 6.45) is 9.51. The van der Waals surface area contributed by atoms with E-state index >= 15 is 0 Å². The van der Waals surface area contributed by atoms with Crippen LogP contribution in [-0.2, 0) is 6.54 Å². The monoisotopic (exact) mass is 241 g/mol. The number of nitrogens with zero attached hydrogens (tertiary/aromatic N) is 2. The fraction of sp³-hybridized carbons (Fsp3) is 0.750. The highest BCUT2D eigenvalue weighted by molar-refractivity contribution is 7.99. The van der Waals surface area contributed by atoms with Gasteiger partial charge in [-0.05, 0) is 43.9 Å². The van der Waals surface area contributed by atoms with Gasteiger partial charge in [-0.2, -0.15) is 11.8 Å². The van der Waals surface area contributed by atoms with Gasteiger partial charge in [-0.1, -0.05) is 6.92 Å². The summed E-state index contributed by atoms with van der Waals surface area (Å²) >= 11 is 2.02. The lowest BCUT2D eigenvalue weighted by molar-refractivity contribution is 0.567. The average Bonchev–Trinajstić information content (AvgIpc) is 2.80. The quantitative estimate of drug-likeness (QED) is 0.638. The lowest BCUT2D eigenvalue weighted by Crippen LogP contribution is -2.17. The van der Waals surface area contributed by atoms with Crippen molar-refractivity contribution in [2.75, 3.05) is 24.6 Å². The van der Waals surface area contributed by atoms with Crippen molar-refractivity contribution >= 4 is 11.8 Å². The van der Waals surface area contributed by atoms with Crippen molar-refractivity contribution in [2.24, 2.45) is 0 Å². The Bertz CT molecular complexity index is 236. The fourth-order valence-corrected chi connectivity index (χ4v) is 2.17. The predicted octanol–water partition coefficient (Wildman–Crippen LogP) is 2.40. The normalized spacial score (nSPS) is 10.8. The van der Waals surface area contributed by atoms with E-state index in [1.165, 1.54) is 30.8 Å². The highest BCUT2D eigenvalue weighted by Crippen LogP contribution is 1.99. The topological polar surface area (TPSA) is 29.9 Å². The largest absolute Gasteiger partial charge is 0.337 e. The Hall–Kier alpha value is -0.480. The van der Waals surface area contributed by atoms with Crippen LogP contribution in [-0.4, -0.2) is 34.1 Å². The molecule has 0 saturated heterocycles. The zero-order chi connectivity index (χ0) is 11.5. The number of thioether (sulfide) groups is 1. The summed E-state index contributed by atoms with van der Waals surface area (Å²) in [7, 11) is 0. The first-order valence-electron chi connectivity index (χ1n) is 6.17. The van der Waals surface area contributed by atoms with Gasteiger partial charge in [-0.15, -0.1) is 0 Å². The molecule has 0 unspecified atom stereocenters. The van der Waals surface area contributed by atoms with Crippen LogP contribution in [0.2, 0.25) is 0 Å². The lowest BCUT2D eigenvalue weighted by Gasteiger charge is -2.04. The Morgan fingerprint density at radius 2 is 2.12 bits per heavy atom. The van der Waals surface area contributed by atoms with Crippen LogP contribution in [0.4, 0.5) is 0 Å². The van der Waals surface area contributed by atoms with Crippen LogP contribution in [0.25, 0.3) is 0 Å². The van der Waals surface area contributed by atoms with E-state index < -0.39 is 0 Å². The minimum atomic E-state index is 1.09. The molecule has 0 fully saturated rings. The molecule has 0 aromatic carbocycles. The lowest BCUT2D eigenvalue weighted by atomic mass is 10.3. The van der Waals surface area contributed by atoms with Gasteiger partial charge >= 0.3 is 0 Å². The summed E-state index contributed by atoms with van der Waals surface area (Å²) in [5.74, 6) is 2.53. The Morgan fingerprint density at radius 1 is 1.25 bits per heavy atom. The molecule has 1 heterocycles. The third-order valence-electron chi connectivity index (χ3n) is 2.43. The van der Waals surface area contributed by atoms with Crippen molar-refractivity contribution in [1.29, 1.82) is 0 Å². The van der Waals surface area contributed by atoms with Gasteiger partial charge in [-0.3, -0.25) is 0 Å². The molecule has 0 spiro atoms. The van der Waals surface area contributed by atoms with Crippen LogP contribution in [0, 0.1) is 0 Å². The molecule has 1 aromatic rings. The summed E-state index contributed by atoms with van der Waals surface area (Å²) in [5.41, 5.74) is 0. The van der Waals surface area contributed by atoms with E-state index in [-0.39, 0.29) is 0 Å². The van der Waals surface area contributed by atoms with Crippen LogP contribution < -0.4 is 5.32 Å². The van der Waals surface area contributed by atoms with Gasteiger partial charge in [0.2, 0.25) is 0 Å².